The molecular formula is C12H18F3N3O2. The van der Waals surface area contributed by atoms with E-state index in [9.17, 15) is 18.3 Å². The van der Waals surface area contributed by atoms with Crippen molar-refractivity contribution in [3.63, 3.8) is 0 Å². The van der Waals surface area contributed by atoms with Gasteiger partial charge in [-0.15, -0.1) is 0 Å². The summed E-state index contributed by atoms with van der Waals surface area (Å²) in [6.07, 6.45) is -3.63. The maximum atomic E-state index is 12.7. The Morgan fingerprint density at radius 1 is 1.35 bits per heavy atom. The quantitative estimate of drug-likeness (QED) is 0.919. The molecule has 2 rings (SSSR count). The van der Waals surface area contributed by atoms with Gasteiger partial charge in [0.25, 0.3) is 0 Å². The zero-order chi connectivity index (χ0) is 14.8. The molecule has 1 fully saturated rings. The second-order valence-electron chi connectivity index (χ2n) is 5.16. The van der Waals surface area contributed by atoms with Crippen molar-refractivity contribution in [2.45, 2.75) is 50.9 Å². The lowest BCUT2D eigenvalue weighted by Gasteiger charge is -2.38. The van der Waals surface area contributed by atoms with E-state index < -0.39 is 11.8 Å². The number of nitrogens with zero attached hydrogens (tertiary/aromatic N) is 3. The van der Waals surface area contributed by atoms with Gasteiger partial charge in [-0.05, 0) is 19.3 Å². The number of aliphatic hydroxyl groups is 1. The van der Waals surface area contributed by atoms with Gasteiger partial charge in [0.2, 0.25) is 5.89 Å². The SMILES string of the molecule is CCCc1nc(CN2CCC(O)(C(F)(F)F)CC2)no1. The van der Waals surface area contributed by atoms with Crippen molar-refractivity contribution in [3.05, 3.63) is 11.7 Å². The Kier molecular flexibility index (Phi) is 4.33. The largest absolute Gasteiger partial charge is 0.417 e. The van der Waals surface area contributed by atoms with Crippen LogP contribution in [0.4, 0.5) is 13.2 Å². The van der Waals surface area contributed by atoms with Gasteiger partial charge in [-0.25, -0.2) is 0 Å². The first-order chi connectivity index (χ1) is 9.34. The van der Waals surface area contributed by atoms with Crippen molar-refractivity contribution >= 4 is 0 Å². The predicted octanol–water partition coefficient (Wildman–Crippen LogP) is 1.91. The smallest absolute Gasteiger partial charge is 0.380 e. The minimum atomic E-state index is -4.57. The zero-order valence-corrected chi connectivity index (χ0v) is 11.3. The number of aromatic nitrogens is 2. The minimum absolute atomic E-state index is 0.160. The van der Waals surface area contributed by atoms with Gasteiger partial charge in [0.15, 0.2) is 11.4 Å². The molecule has 114 valence electrons. The fourth-order valence-corrected chi connectivity index (χ4v) is 2.23. The molecule has 0 unspecified atom stereocenters. The van der Waals surface area contributed by atoms with Crippen molar-refractivity contribution in [2.75, 3.05) is 13.1 Å². The van der Waals surface area contributed by atoms with Crippen molar-refractivity contribution in [1.29, 1.82) is 0 Å². The van der Waals surface area contributed by atoms with Crippen LogP contribution in [0.3, 0.4) is 0 Å². The maximum Gasteiger partial charge on any atom is 0.417 e. The van der Waals surface area contributed by atoms with Gasteiger partial charge in [-0.2, -0.15) is 18.2 Å². The van der Waals surface area contributed by atoms with E-state index in [2.05, 4.69) is 10.1 Å². The lowest BCUT2D eigenvalue weighted by Crippen LogP contribution is -2.53. The Bertz CT molecular complexity index is 439. The van der Waals surface area contributed by atoms with Gasteiger partial charge in [0.05, 0.1) is 6.54 Å². The van der Waals surface area contributed by atoms with Gasteiger partial charge in [-0.1, -0.05) is 12.1 Å². The topological polar surface area (TPSA) is 62.4 Å². The molecule has 0 spiro atoms. The molecule has 1 aliphatic rings. The Morgan fingerprint density at radius 3 is 2.55 bits per heavy atom. The average molecular weight is 293 g/mol. The lowest BCUT2D eigenvalue weighted by molar-refractivity contribution is -0.272. The monoisotopic (exact) mass is 293 g/mol. The molecule has 20 heavy (non-hydrogen) atoms. The number of piperidine rings is 1. The summed E-state index contributed by atoms with van der Waals surface area (Å²) < 4.78 is 43.0. The van der Waals surface area contributed by atoms with Crippen molar-refractivity contribution in [1.82, 2.24) is 15.0 Å². The van der Waals surface area contributed by atoms with E-state index in [4.69, 9.17) is 4.52 Å². The third-order valence-corrected chi connectivity index (χ3v) is 3.55. The number of hydrogen-bond acceptors (Lipinski definition) is 5. The fourth-order valence-electron chi connectivity index (χ4n) is 2.23. The summed E-state index contributed by atoms with van der Waals surface area (Å²) in [5.41, 5.74) is -2.56. The van der Waals surface area contributed by atoms with Crippen LogP contribution in [-0.2, 0) is 13.0 Å². The van der Waals surface area contributed by atoms with E-state index in [0.29, 0.717) is 24.7 Å². The van der Waals surface area contributed by atoms with Crippen LogP contribution in [0.1, 0.15) is 37.9 Å². The highest BCUT2D eigenvalue weighted by molar-refractivity contribution is 4.94. The Hall–Kier alpha value is -1.15. The van der Waals surface area contributed by atoms with Crippen LogP contribution >= 0.6 is 0 Å². The summed E-state index contributed by atoms with van der Waals surface area (Å²) in [7, 11) is 0. The van der Waals surface area contributed by atoms with E-state index in [1.807, 2.05) is 6.92 Å². The van der Waals surface area contributed by atoms with Crippen LogP contribution in [0.15, 0.2) is 4.52 Å². The van der Waals surface area contributed by atoms with Gasteiger partial charge in [-0.3, -0.25) is 4.90 Å². The summed E-state index contributed by atoms with van der Waals surface area (Å²) in [6, 6.07) is 0. The average Bonchev–Trinajstić information content (AvgIpc) is 2.79. The van der Waals surface area contributed by atoms with Crippen LogP contribution in [0.2, 0.25) is 0 Å². The molecule has 1 N–H and O–H groups in total. The van der Waals surface area contributed by atoms with Crippen LogP contribution in [0.5, 0.6) is 0 Å². The molecule has 0 aliphatic carbocycles. The van der Waals surface area contributed by atoms with Crippen LogP contribution in [0, 0.1) is 0 Å². The van der Waals surface area contributed by atoms with E-state index in [0.717, 1.165) is 6.42 Å². The first kappa shape index (κ1) is 15.2. The minimum Gasteiger partial charge on any atom is -0.380 e. The van der Waals surface area contributed by atoms with E-state index in [-0.39, 0.29) is 25.9 Å². The van der Waals surface area contributed by atoms with Crippen molar-refractivity contribution < 1.29 is 22.8 Å². The molecule has 0 saturated carbocycles. The third kappa shape index (κ3) is 3.29. The highest BCUT2D eigenvalue weighted by Gasteiger charge is 2.54. The van der Waals surface area contributed by atoms with Gasteiger partial charge in [0.1, 0.15) is 0 Å². The number of aryl methyl sites for hydroxylation is 1. The summed E-state index contributed by atoms with van der Waals surface area (Å²) in [5, 5.41) is 13.4. The number of halogens is 3. The second kappa shape index (κ2) is 5.69. The van der Waals surface area contributed by atoms with Crippen LogP contribution in [0.25, 0.3) is 0 Å². The molecule has 1 aromatic heterocycles. The molecule has 0 aromatic carbocycles. The van der Waals surface area contributed by atoms with Gasteiger partial charge < -0.3 is 9.63 Å². The molecule has 0 atom stereocenters. The molecule has 1 saturated heterocycles. The summed E-state index contributed by atoms with van der Waals surface area (Å²) in [5.74, 6) is 1.03. The molecular weight excluding hydrogens is 275 g/mol. The Balaban J connectivity index is 1.88. The maximum absolute atomic E-state index is 12.7. The molecule has 0 amide bonds. The Labute approximate surface area is 114 Å². The van der Waals surface area contributed by atoms with Crippen LogP contribution < -0.4 is 0 Å². The summed E-state index contributed by atoms with van der Waals surface area (Å²) >= 11 is 0. The summed E-state index contributed by atoms with van der Waals surface area (Å²) in [4.78, 5) is 5.97. The lowest BCUT2D eigenvalue weighted by atomic mass is 9.91. The zero-order valence-electron chi connectivity index (χ0n) is 11.3. The van der Waals surface area contributed by atoms with E-state index >= 15 is 0 Å². The van der Waals surface area contributed by atoms with Crippen molar-refractivity contribution in [2.24, 2.45) is 0 Å². The van der Waals surface area contributed by atoms with E-state index in [1.54, 1.807) is 4.90 Å². The summed E-state index contributed by atoms with van der Waals surface area (Å²) in [6.45, 7) is 2.66. The number of alkyl halides is 3. The van der Waals surface area contributed by atoms with Crippen molar-refractivity contribution in [3.8, 4) is 0 Å². The molecule has 8 heteroatoms. The molecule has 5 nitrogen and oxygen atoms in total. The second-order valence-corrected chi connectivity index (χ2v) is 5.16. The number of likely N-dealkylation sites (tertiary alicyclic amines) is 1. The standard InChI is InChI=1S/C12H18F3N3O2/c1-2-3-10-16-9(17-20-10)8-18-6-4-11(19,5-7-18)12(13,14)15/h19H,2-8H2,1H3. The first-order valence-electron chi connectivity index (χ1n) is 6.67. The molecule has 2 heterocycles. The van der Waals surface area contributed by atoms with Gasteiger partial charge in [0, 0.05) is 19.5 Å². The van der Waals surface area contributed by atoms with Gasteiger partial charge >= 0.3 is 6.18 Å². The molecule has 1 aromatic rings. The highest BCUT2D eigenvalue weighted by Crippen LogP contribution is 2.38. The first-order valence-corrected chi connectivity index (χ1v) is 6.67. The number of rotatable bonds is 4. The molecule has 1 aliphatic heterocycles. The fraction of sp³-hybridized carbons (Fsp3) is 0.833. The normalized spacial score (nSPS) is 20.2. The molecule has 0 radical (unpaired) electrons. The van der Waals surface area contributed by atoms with E-state index in [1.165, 1.54) is 0 Å². The predicted molar refractivity (Wildman–Crippen MR) is 63.8 cm³/mol. The molecule has 0 bridgehead atoms. The third-order valence-electron chi connectivity index (χ3n) is 3.55. The number of hydrogen-bond donors (Lipinski definition) is 1. The van der Waals surface area contributed by atoms with Crippen LogP contribution in [-0.4, -0.2) is 45.0 Å². The highest BCUT2D eigenvalue weighted by atomic mass is 19.4. The Morgan fingerprint density at radius 2 is 2.00 bits per heavy atom.